The van der Waals surface area contributed by atoms with Crippen molar-refractivity contribution >= 4 is 23.8 Å². The van der Waals surface area contributed by atoms with Crippen LogP contribution in [0.3, 0.4) is 0 Å². The summed E-state index contributed by atoms with van der Waals surface area (Å²) in [7, 11) is 0. The molecule has 0 radical (unpaired) electrons. The van der Waals surface area contributed by atoms with Crippen molar-refractivity contribution in [2.24, 2.45) is 5.73 Å². The van der Waals surface area contributed by atoms with Gasteiger partial charge in [0.1, 0.15) is 0 Å². The van der Waals surface area contributed by atoms with Gasteiger partial charge < -0.3 is 20.1 Å². The van der Waals surface area contributed by atoms with E-state index in [9.17, 15) is 19.2 Å². The van der Waals surface area contributed by atoms with Crippen LogP contribution in [-0.2, 0) is 38.4 Å². The molecule has 0 aromatic carbocycles. The fraction of sp³-hybridized carbons (Fsp3) is 0.714. The lowest BCUT2D eigenvalue weighted by molar-refractivity contribution is -0.263. The van der Waals surface area contributed by atoms with E-state index in [1.54, 1.807) is 11.8 Å². The van der Waals surface area contributed by atoms with Gasteiger partial charge in [-0.15, -0.1) is 0 Å². The Balaban J connectivity index is 1.46. The van der Waals surface area contributed by atoms with Crippen LogP contribution in [0.15, 0.2) is 0 Å². The summed E-state index contributed by atoms with van der Waals surface area (Å²) in [5, 5.41) is 0. The predicted octanol–water partition coefficient (Wildman–Crippen LogP) is -1.59. The van der Waals surface area contributed by atoms with E-state index < -0.39 is 41.8 Å². The maximum absolute atomic E-state index is 12.0. The lowest BCUT2D eigenvalue weighted by Crippen LogP contribution is -2.36. The molecule has 2 amide bonds. The van der Waals surface area contributed by atoms with E-state index in [1.165, 1.54) is 0 Å². The molecule has 3 aliphatic heterocycles. The molecule has 3 rings (SSSR count). The van der Waals surface area contributed by atoms with Gasteiger partial charge in [-0.05, 0) is 19.3 Å². The number of primary amides is 1. The van der Waals surface area contributed by atoms with E-state index in [-0.39, 0.29) is 12.3 Å². The molecule has 0 aromatic rings. The van der Waals surface area contributed by atoms with E-state index in [1.807, 2.05) is 0 Å². The van der Waals surface area contributed by atoms with Gasteiger partial charge in [0.25, 0.3) is 5.91 Å². The van der Waals surface area contributed by atoms with Crippen molar-refractivity contribution in [2.45, 2.75) is 50.1 Å². The number of likely N-dealkylation sites (tertiary alicyclic amines) is 1. The van der Waals surface area contributed by atoms with Gasteiger partial charge in [0, 0.05) is 13.1 Å². The highest BCUT2D eigenvalue weighted by molar-refractivity contribution is 5.96. The standard InChI is InChI=1S/C14H18N2O8/c1-2-14(9(22-14)10(15)17)13(20)24-23-12(19)8-7(21-8)11(18)16-5-3-4-6-16/h7-9H,2-6H2,1H3,(H2,15,17). The number of nitrogens with zero attached hydrogens (tertiary/aromatic N) is 1. The summed E-state index contributed by atoms with van der Waals surface area (Å²) in [5.74, 6) is -3.08. The number of ether oxygens (including phenoxy) is 2. The number of epoxide rings is 2. The number of nitrogens with two attached hydrogens (primary N) is 1. The molecule has 3 heterocycles. The van der Waals surface area contributed by atoms with Gasteiger partial charge in [-0.2, -0.15) is 0 Å². The Morgan fingerprint density at radius 1 is 1.17 bits per heavy atom. The zero-order chi connectivity index (χ0) is 17.5. The van der Waals surface area contributed by atoms with Crippen molar-refractivity contribution in [3.8, 4) is 0 Å². The molecule has 0 aliphatic carbocycles. The minimum Gasteiger partial charge on any atom is -0.367 e. The Kier molecular flexibility index (Phi) is 4.18. The third kappa shape index (κ3) is 2.82. The van der Waals surface area contributed by atoms with Crippen LogP contribution in [0.4, 0.5) is 0 Å². The number of hydrogen-bond donors (Lipinski definition) is 1. The van der Waals surface area contributed by atoms with Gasteiger partial charge >= 0.3 is 11.9 Å². The maximum atomic E-state index is 12.0. The molecule has 132 valence electrons. The van der Waals surface area contributed by atoms with Gasteiger partial charge in [0.15, 0.2) is 18.3 Å². The SMILES string of the molecule is CCC1(C(=O)OOC(=O)C2OC2C(=O)N2CCCC2)OC1C(N)=O. The predicted molar refractivity (Wildman–Crippen MR) is 73.7 cm³/mol. The molecular formula is C14H18N2O8. The van der Waals surface area contributed by atoms with Crippen LogP contribution in [-0.4, -0.2) is 65.7 Å². The molecule has 0 saturated carbocycles. The lowest BCUT2D eigenvalue weighted by Gasteiger charge is -2.12. The van der Waals surface area contributed by atoms with E-state index in [2.05, 4.69) is 9.78 Å². The molecule has 3 saturated heterocycles. The van der Waals surface area contributed by atoms with Crippen LogP contribution in [0.1, 0.15) is 26.2 Å². The van der Waals surface area contributed by atoms with Crippen molar-refractivity contribution in [3.63, 3.8) is 0 Å². The summed E-state index contributed by atoms with van der Waals surface area (Å²) in [4.78, 5) is 57.2. The quantitative estimate of drug-likeness (QED) is 0.358. The number of rotatable bonds is 5. The van der Waals surface area contributed by atoms with Crippen LogP contribution in [0.5, 0.6) is 0 Å². The topological polar surface area (TPSA) is 141 Å². The molecule has 0 spiro atoms. The van der Waals surface area contributed by atoms with Gasteiger partial charge in [-0.25, -0.2) is 19.4 Å². The molecule has 4 atom stereocenters. The van der Waals surface area contributed by atoms with Crippen molar-refractivity contribution in [1.29, 1.82) is 0 Å². The van der Waals surface area contributed by atoms with Crippen LogP contribution in [0.2, 0.25) is 0 Å². The summed E-state index contributed by atoms with van der Waals surface area (Å²) in [6.07, 6.45) is -1.11. The zero-order valence-corrected chi connectivity index (χ0v) is 13.1. The van der Waals surface area contributed by atoms with Crippen LogP contribution < -0.4 is 5.73 Å². The zero-order valence-electron chi connectivity index (χ0n) is 13.1. The third-order valence-corrected chi connectivity index (χ3v) is 4.41. The van der Waals surface area contributed by atoms with Gasteiger partial charge in [-0.1, -0.05) is 6.92 Å². The second-order valence-electron chi connectivity index (χ2n) is 5.93. The summed E-state index contributed by atoms with van der Waals surface area (Å²) < 4.78 is 9.99. The van der Waals surface area contributed by atoms with Gasteiger partial charge in [0.05, 0.1) is 0 Å². The molecule has 24 heavy (non-hydrogen) atoms. The monoisotopic (exact) mass is 342 g/mol. The first-order valence-electron chi connectivity index (χ1n) is 7.75. The normalized spacial score (nSPS) is 33.7. The molecule has 3 aliphatic rings. The van der Waals surface area contributed by atoms with Gasteiger partial charge in [0.2, 0.25) is 11.5 Å². The summed E-state index contributed by atoms with van der Waals surface area (Å²) >= 11 is 0. The van der Waals surface area contributed by atoms with E-state index >= 15 is 0 Å². The summed E-state index contributed by atoms with van der Waals surface area (Å²) in [5.41, 5.74) is 3.56. The van der Waals surface area contributed by atoms with Crippen molar-refractivity contribution in [1.82, 2.24) is 4.90 Å². The molecule has 0 bridgehead atoms. The van der Waals surface area contributed by atoms with Crippen molar-refractivity contribution in [3.05, 3.63) is 0 Å². The number of carbonyl (C=O) groups excluding carboxylic acids is 4. The second kappa shape index (κ2) is 6.02. The van der Waals surface area contributed by atoms with Crippen LogP contribution in [0.25, 0.3) is 0 Å². The molecule has 2 N–H and O–H groups in total. The van der Waals surface area contributed by atoms with Crippen LogP contribution in [0, 0.1) is 0 Å². The van der Waals surface area contributed by atoms with Crippen LogP contribution >= 0.6 is 0 Å². The first-order chi connectivity index (χ1) is 11.4. The Labute approximate surface area is 137 Å². The number of hydrogen-bond acceptors (Lipinski definition) is 8. The molecule has 10 nitrogen and oxygen atoms in total. The average molecular weight is 342 g/mol. The Hall–Kier alpha value is -2.20. The highest BCUT2D eigenvalue weighted by Gasteiger charge is 2.67. The van der Waals surface area contributed by atoms with E-state index in [4.69, 9.17) is 15.2 Å². The minimum absolute atomic E-state index is 0.132. The Morgan fingerprint density at radius 3 is 2.38 bits per heavy atom. The molecule has 4 unspecified atom stereocenters. The largest absolute Gasteiger partial charge is 0.390 e. The summed E-state index contributed by atoms with van der Waals surface area (Å²) in [6, 6.07) is 0. The molecule has 3 fully saturated rings. The second-order valence-corrected chi connectivity index (χ2v) is 5.93. The van der Waals surface area contributed by atoms with E-state index in [0.29, 0.717) is 13.1 Å². The third-order valence-electron chi connectivity index (χ3n) is 4.41. The minimum atomic E-state index is -1.51. The average Bonchev–Trinajstić information content (AvgIpc) is 3.45. The maximum Gasteiger partial charge on any atom is 0.390 e. The highest BCUT2D eigenvalue weighted by atomic mass is 17.2. The Morgan fingerprint density at radius 2 is 1.83 bits per heavy atom. The number of amides is 2. The highest BCUT2D eigenvalue weighted by Crippen LogP contribution is 2.41. The lowest BCUT2D eigenvalue weighted by atomic mass is 10.0. The first-order valence-corrected chi connectivity index (χ1v) is 7.75. The fourth-order valence-corrected chi connectivity index (χ4v) is 2.83. The smallest absolute Gasteiger partial charge is 0.367 e. The van der Waals surface area contributed by atoms with Crippen molar-refractivity contribution < 1.29 is 38.4 Å². The number of carbonyl (C=O) groups is 4. The first kappa shape index (κ1) is 16.7. The van der Waals surface area contributed by atoms with E-state index in [0.717, 1.165) is 12.8 Å². The van der Waals surface area contributed by atoms with Crippen molar-refractivity contribution in [2.75, 3.05) is 13.1 Å². The fourth-order valence-electron chi connectivity index (χ4n) is 2.83. The Bertz CT molecular complexity index is 587. The molecular weight excluding hydrogens is 324 g/mol. The molecule has 10 heteroatoms. The molecule has 0 aromatic heterocycles. The summed E-state index contributed by atoms with van der Waals surface area (Å²) in [6.45, 7) is 2.88. The van der Waals surface area contributed by atoms with Gasteiger partial charge in [-0.3, -0.25) is 9.59 Å².